The van der Waals surface area contributed by atoms with Gasteiger partial charge in [-0.1, -0.05) is 45.1 Å². The summed E-state index contributed by atoms with van der Waals surface area (Å²) in [5.74, 6) is 3.04. The lowest BCUT2D eigenvalue weighted by molar-refractivity contribution is 0.324. The molecule has 0 saturated heterocycles. The molecule has 3 aromatic carbocycles. The maximum absolute atomic E-state index is 5.55. The van der Waals surface area contributed by atoms with E-state index in [0.29, 0.717) is 28.7 Å². The van der Waals surface area contributed by atoms with Crippen LogP contribution in [0, 0.1) is 0 Å². The molecule has 0 bridgehead atoms. The standard InChI is InChI=1S/C29H35NO5S/c1-29(2,3)21-10-9-11-22(17-21)36-30-23-18-25(32-5)24(31-4)16-20(23)13-12-19-14-26(33-6)28(35-8)27(15-19)34-7/h9-18,30H,1-8H3/b13-12-. The van der Waals surface area contributed by atoms with E-state index < -0.39 is 0 Å². The van der Waals surface area contributed by atoms with Crippen molar-refractivity contribution < 1.29 is 23.7 Å². The van der Waals surface area contributed by atoms with Crippen LogP contribution in [0.15, 0.2) is 53.4 Å². The number of rotatable bonds is 10. The number of anilines is 1. The van der Waals surface area contributed by atoms with Crippen molar-refractivity contribution in [3.8, 4) is 28.7 Å². The fourth-order valence-corrected chi connectivity index (χ4v) is 4.38. The van der Waals surface area contributed by atoms with Gasteiger partial charge in [0.1, 0.15) is 0 Å². The van der Waals surface area contributed by atoms with Gasteiger partial charge >= 0.3 is 0 Å². The van der Waals surface area contributed by atoms with Crippen molar-refractivity contribution in [2.24, 2.45) is 0 Å². The zero-order valence-corrected chi connectivity index (χ0v) is 23.0. The summed E-state index contributed by atoms with van der Waals surface area (Å²) >= 11 is 1.55. The molecule has 1 N–H and O–H groups in total. The molecule has 0 heterocycles. The quantitative estimate of drug-likeness (QED) is 0.227. The summed E-state index contributed by atoms with van der Waals surface area (Å²) in [6.07, 6.45) is 4.00. The second-order valence-corrected chi connectivity index (χ2v) is 9.95. The average Bonchev–Trinajstić information content (AvgIpc) is 2.89. The van der Waals surface area contributed by atoms with Gasteiger partial charge in [0, 0.05) is 16.5 Å². The minimum atomic E-state index is 0.0777. The number of methoxy groups -OCH3 is 5. The SMILES string of the molecule is COc1cc(/C=C\c2cc(OC)c(OC)c(OC)c2)c(NSc2cccc(C(C)(C)C)c2)cc1OC. The molecule has 0 aromatic heterocycles. The van der Waals surface area contributed by atoms with E-state index in [0.717, 1.165) is 21.7 Å². The van der Waals surface area contributed by atoms with Crippen LogP contribution in [0.4, 0.5) is 5.69 Å². The molecule has 6 nitrogen and oxygen atoms in total. The highest BCUT2D eigenvalue weighted by Crippen LogP contribution is 2.40. The van der Waals surface area contributed by atoms with Crippen LogP contribution in [-0.4, -0.2) is 35.5 Å². The lowest BCUT2D eigenvalue weighted by Gasteiger charge is -2.20. The van der Waals surface area contributed by atoms with Gasteiger partial charge in [-0.15, -0.1) is 0 Å². The predicted octanol–water partition coefficient (Wildman–Crippen LogP) is 7.32. The predicted molar refractivity (Wildman–Crippen MR) is 149 cm³/mol. The number of nitrogens with one attached hydrogen (secondary N) is 1. The Balaban J connectivity index is 1.97. The van der Waals surface area contributed by atoms with Crippen molar-refractivity contribution in [1.29, 1.82) is 0 Å². The van der Waals surface area contributed by atoms with E-state index in [1.54, 1.807) is 47.5 Å². The molecule has 3 aromatic rings. The Labute approximate surface area is 218 Å². The third-order valence-corrected chi connectivity index (χ3v) is 6.49. The molecule has 0 saturated carbocycles. The Morgan fingerprint density at radius 1 is 0.694 bits per heavy atom. The smallest absolute Gasteiger partial charge is 0.203 e. The van der Waals surface area contributed by atoms with E-state index in [9.17, 15) is 0 Å². The van der Waals surface area contributed by atoms with Gasteiger partial charge in [0.25, 0.3) is 0 Å². The van der Waals surface area contributed by atoms with Crippen LogP contribution in [0.3, 0.4) is 0 Å². The van der Waals surface area contributed by atoms with E-state index in [1.807, 2.05) is 36.4 Å². The number of benzene rings is 3. The lowest BCUT2D eigenvalue weighted by atomic mass is 9.87. The highest BCUT2D eigenvalue weighted by Gasteiger charge is 2.15. The third-order valence-electron chi connectivity index (χ3n) is 5.68. The first kappa shape index (κ1) is 27.1. The Bertz CT molecular complexity index is 1190. The molecule has 0 spiro atoms. The first-order valence-electron chi connectivity index (χ1n) is 11.5. The van der Waals surface area contributed by atoms with Crippen LogP contribution in [0.2, 0.25) is 0 Å². The molecule has 0 fully saturated rings. The normalized spacial score (nSPS) is 11.3. The summed E-state index contributed by atoms with van der Waals surface area (Å²) in [5, 5.41) is 0. The minimum absolute atomic E-state index is 0.0777. The van der Waals surface area contributed by atoms with Crippen LogP contribution in [0.5, 0.6) is 28.7 Å². The highest BCUT2D eigenvalue weighted by molar-refractivity contribution is 8.00. The van der Waals surface area contributed by atoms with Crippen LogP contribution in [0.1, 0.15) is 37.5 Å². The molecule has 0 aliphatic carbocycles. The molecular formula is C29H35NO5S. The zero-order chi connectivity index (χ0) is 26.3. The molecule has 0 radical (unpaired) electrons. The van der Waals surface area contributed by atoms with Crippen molar-refractivity contribution in [3.63, 3.8) is 0 Å². The van der Waals surface area contributed by atoms with Crippen LogP contribution >= 0.6 is 11.9 Å². The maximum atomic E-state index is 5.55. The second-order valence-electron chi connectivity index (χ2n) is 9.07. The van der Waals surface area contributed by atoms with Crippen molar-refractivity contribution >= 4 is 29.8 Å². The summed E-state index contributed by atoms with van der Waals surface area (Å²) in [6.45, 7) is 6.64. The van der Waals surface area contributed by atoms with Gasteiger partial charge < -0.3 is 28.4 Å². The summed E-state index contributed by atoms with van der Waals surface area (Å²) in [4.78, 5) is 1.12. The van der Waals surface area contributed by atoms with Gasteiger partial charge in [-0.2, -0.15) is 0 Å². The molecule has 36 heavy (non-hydrogen) atoms. The summed E-state index contributed by atoms with van der Waals surface area (Å²) in [7, 11) is 8.06. The molecule has 0 unspecified atom stereocenters. The summed E-state index contributed by atoms with van der Waals surface area (Å²) < 4.78 is 31.0. The molecule has 0 aliphatic heterocycles. The molecule has 7 heteroatoms. The Morgan fingerprint density at radius 2 is 1.31 bits per heavy atom. The molecule has 0 atom stereocenters. The Morgan fingerprint density at radius 3 is 1.86 bits per heavy atom. The van der Waals surface area contributed by atoms with E-state index in [4.69, 9.17) is 23.7 Å². The average molecular weight is 510 g/mol. The van der Waals surface area contributed by atoms with Crippen molar-refractivity contribution in [2.45, 2.75) is 31.1 Å². The first-order chi connectivity index (χ1) is 17.2. The molecule has 0 amide bonds. The maximum Gasteiger partial charge on any atom is 0.203 e. The molecule has 0 aliphatic rings. The summed E-state index contributed by atoms with van der Waals surface area (Å²) in [6, 6.07) is 16.2. The lowest BCUT2D eigenvalue weighted by Crippen LogP contribution is -2.10. The fraction of sp³-hybridized carbons (Fsp3) is 0.310. The van der Waals surface area contributed by atoms with E-state index in [2.05, 4.69) is 49.8 Å². The van der Waals surface area contributed by atoms with Crippen LogP contribution < -0.4 is 28.4 Å². The molecular weight excluding hydrogens is 474 g/mol. The van der Waals surface area contributed by atoms with Gasteiger partial charge in [0.2, 0.25) is 5.75 Å². The summed E-state index contributed by atoms with van der Waals surface area (Å²) in [5.41, 5.74) is 4.08. The monoisotopic (exact) mass is 509 g/mol. The van der Waals surface area contributed by atoms with E-state index in [1.165, 1.54) is 5.56 Å². The third kappa shape index (κ3) is 6.40. The first-order valence-corrected chi connectivity index (χ1v) is 12.3. The fourth-order valence-electron chi connectivity index (χ4n) is 3.64. The van der Waals surface area contributed by atoms with Gasteiger partial charge in [0.15, 0.2) is 23.0 Å². The minimum Gasteiger partial charge on any atom is -0.493 e. The molecule has 192 valence electrons. The van der Waals surface area contributed by atoms with E-state index >= 15 is 0 Å². The van der Waals surface area contributed by atoms with Crippen molar-refractivity contribution in [3.05, 3.63) is 65.2 Å². The highest BCUT2D eigenvalue weighted by atomic mass is 32.2. The van der Waals surface area contributed by atoms with Crippen LogP contribution in [0.25, 0.3) is 12.2 Å². The topological polar surface area (TPSA) is 58.2 Å². The second kappa shape index (κ2) is 12.0. The molecule has 3 rings (SSSR count). The zero-order valence-electron chi connectivity index (χ0n) is 22.2. The Hall–Kier alpha value is -3.45. The largest absolute Gasteiger partial charge is 0.493 e. The van der Waals surface area contributed by atoms with Gasteiger partial charge in [-0.05, 0) is 58.8 Å². The number of ether oxygens (including phenoxy) is 5. The van der Waals surface area contributed by atoms with Crippen LogP contribution in [-0.2, 0) is 5.41 Å². The van der Waals surface area contributed by atoms with Crippen molar-refractivity contribution in [1.82, 2.24) is 0 Å². The van der Waals surface area contributed by atoms with Gasteiger partial charge in [-0.3, -0.25) is 0 Å². The number of hydrogen-bond donors (Lipinski definition) is 1. The Kier molecular flexibility index (Phi) is 9.04. The van der Waals surface area contributed by atoms with Crippen molar-refractivity contribution in [2.75, 3.05) is 40.3 Å². The van der Waals surface area contributed by atoms with Gasteiger partial charge in [0.05, 0.1) is 41.2 Å². The van der Waals surface area contributed by atoms with E-state index in [-0.39, 0.29) is 5.41 Å². The number of hydrogen-bond acceptors (Lipinski definition) is 7. The van der Waals surface area contributed by atoms with Gasteiger partial charge in [-0.25, -0.2) is 0 Å².